The summed E-state index contributed by atoms with van der Waals surface area (Å²) in [4.78, 5) is 0. The average molecular weight is 296 g/mol. The quantitative estimate of drug-likeness (QED) is 0.828. The molecule has 0 bridgehead atoms. The summed E-state index contributed by atoms with van der Waals surface area (Å²) < 4.78 is 14.1. The van der Waals surface area contributed by atoms with E-state index in [1.165, 1.54) is 51.0 Å². The van der Waals surface area contributed by atoms with Gasteiger partial charge in [0.25, 0.3) is 0 Å². The van der Waals surface area contributed by atoms with Gasteiger partial charge >= 0.3 is 0 Å². The van der Waals surface area contributed by atoms with Gasteiger partial charge in [-0.1, -0.05) is 36.9 Å². The topological polar surface area (TPSA) is 12.0 Å². The first-order valence-corrected chi connectivity index (χ1v) is 8.22. The third-order valence-electron chi connectivity index (χ3n) is 4.84. The van der Waals surface area contributed by atoms with Crippen LogP contribution in [0.3, 0.4) is 0 Å². The Morgan fingerprint density at radius 1 is 1.20 bits per heavy atom. The van der Waals surface area contributed by atoms with E-state index in [0.717, 1.165) is 24.6 Å². The Hall–Kier alpha value is -0.600. The molecule has 1 nitrogen and oxygen atoms in total. The van der Waals surface area contributed by atoms with Gasteiger partial charge in [-0.2, -0.15) is 0 Å². The zero-order chi connectivity index (χ0) is 14.0. The van der Waals surface area contributed by atoms with E-state index < -0.39 is 0 Å². The van der Waals surface area contributed by atoms with E-state index >= 15 is 0 Å². The highest BCUT2D eigenvalue weighted by atomic mass is 35.5. The highest BCUT2D eigenvalue weighted by molar-refractivity contribution is 6.30. The molecule has 1 N–H and O–H groups in total. The third kappa shape index (κ3) is 3.53. The highest BCUT2D eigenvalue weighted by Crippen LogP contribution is 2.40. The van der Waals surface area contributed by atoms with Gasteiger partial charge in [0.1, 0.15) is 5.82 Å². The Bertz CT molecular complexity index is 464. The van der Waals surface area contributed by atoms with Crippen molar-refractivity contribution in [2.24, 2.45) is 5.41 Å². The normalized spacial score (nSPS) is 21.9. The Kier molecular flexibility index (Phi) is 4.32. The van der Waals surface area contributed by atoms with Crippen molar-refractivity contribution >= 4 is 11.6 Å². The molecule has 2 fully saturated rings. The molecular formula is C17H23ClFN. The van der Waals surface area contributed by atoms with Crippen molar-refractivity contribution in [1.82, 2.24) is 5.32 Å². The van der Waals surface area contributed by atoms with Crippen molar-refractivity contribution in [3.63, 3.8) is 0 Å². The van der Waals surface area contributed by atoms with Crippen molar-refractivity contribution in [3.8, 4) is 0 Å². The Morgan fingerprint density at radius 3 is 2.60 bits per heavy atom. The molecule has 1 aromatic carbocycles. The first kappa shape index (κ1) is 14.3. The van der Waals surface area contributed by atoms with Crippen molar-refractivity contribution in [1.29, 1.82) is 0 Å². The fourth-order valence-corrected chi connectivity index (χ4v) is 3.59. The Morgan fingerprint density at radius 2 is 1.95 bits per heavy atom. The van der Waals surface area contributed by atoms with Crippen LogP contribution >= 0.6 is 11.6 Å². The molecule has 2 aliphatic carbocycles. The SMILES string of the molecule is Fc1cc(Cl)ccc1CC1(CNC2CC2)CCCCC1. The molecule has 2 aliphatic rings. The predicted octanol–water partition coefficient (Wildman–Crippen LogP) is 4.72. The lowest BCUT2D eigenvalue weighted by molar-refractivity contribution is 0.178. The minimum Gasteiger partial charge on any atom is -0.313 e. The van der Waals surface area contributed by atoms with Crippen LogP contribution in [-0.2, 0) is 6.42 Å². The maximum atomic E-state index is 14.1. The second-order valence-corrected chi connectivity index (χ2v) is 7.06. The van der Waals surface area contributed by atoms with E-state index in [0.29, 0.717) is 5.02 Å². The summed E-state index contributed by atoms with van der Waals surface area (Å²) in [6.45, 7) is 1.04. The minimum absolute atomic E-state index is 0.145. The van der Waals surface area contributed by atoms with Crippen LogP contribution in [0.25, 0.3) is 0 Å². The molecule has 20 heavy (non-hydrogen) atoms. The van der Waals surface area contributed by atoms with Gasteiger partial charge in [0.05, 0.1) is 0 Å². The predicted molar refractivity (Wildman–Crippen MR) is 81.7 cm³/mol. The molecule has 0 unspecified atom stereocenters. The van der Waals surface area contributed by atoms with Gasteiger partial charge < -0.3 is 5.32 Å². The Labute approximate surface area is 125 Å². The van der Waals surface area contributed by atoms with Crippen LogP contribution in [0.2, 0.25) is 5.02 Å². The van der Waals surface area contributed by atoms with Crippen LogP contribution in [0.15, 0.2) is 18.2 Å². The van der Waals surface area contributed by atoms with Crippen LogP contribution in [-0.4, -0.2) is 12.6 Å². The van der Waals surface area contributed by atoms with E-state index in [9.17, 15) is 4.39 Å². The first-order valence-electron chi connectivity index (χ1n) is 7.84. The van der Waals surface area contributed by atoms with Crippen LogP contribution in [0.5, 0.6) is 0 Å². The molecule has 110 valence electrons. The summed E-state index contributed by atoms with van der Waals surface area (Å²) in [7, 11) is 0. The number of hydrogen-bond donors (Lipinski definition) is 1. The average Bonchev–Trinajstić information content (AvgIpc) is 3.25. The van der Waals surface area contributed by atoms with Crippen LogP contribution in [0.1, 0.15) is 50.5 Å². The van der Waals surface area contributed by atoms with Gasteiger partial charge in [0.2, 0.25) is 0 Å². The summed E-state index contributed by atoms with van der Waals surface area (Å²) in [6.07, 6.45) is 9.79. The van der Waals surface area contributed by atoms with E-state index in [2.05, 4.69) is 5.32 Å². The molecule has 3 heteroatoms. The zero-order valence-corrected chi connectivity index (χ0v) is 12.7. The van der Waals surface area contributed by atoms with Gasteiger partial charge in [-0.3, -0.25) is 0 Å². The standard InChI is InChI=1S/C17H23ClFN/c18-14-5-4-13(16(19)10-14)11-17(8-2-1-3-9-17)12-20-15-6-7-15/h4-5,10,15,20H,1-3,6-9,11-12H2. The highest BCUT2D eigenvalue weighted by Gasteiger charge is 2.34. The van der Waals surface area contributed by atoms with Crippen LogP contribution < -0.4 is 5.32 Å². The van der Waals surface area contributed by atoms with Crippen molar-refractivity contribution < 1.29 is 4.39 Å². The van der Waals surface area contributed by atoms with Gasteiger partial charge in [-0.15, -0.1) is 0 Å². The lowest BCUT2D eigenvalue weighted by Crippen LogP contribution is -2.39. The summed E-state index contributed by atoms with van der Waals surface area (Å²) in [5.74, 6) is -0.145. The molecule has 2 saturated carbocycles. The molecule has 0 aliphatic heterocycles. The number of hydrogen-bond acceptors (Lipinski definition) is 1. The number of halogens is 2. The van der Waals surface area contributed by atoms with Gasteiger partial charge in [-0.05, 0) is 55.2 Å². The van der Waals surface area contributed by atoms with E-state index in [4.69, 9.17) is 11.6 Å². The van der Waals surface area contributed by atoms with Gasteiger partial charge in [0, 0.05) is 17.6 Å². The molecule has 0 saturated heterocycles. The maximum absolute atomic E-state index is 14.1. The molecule has 3 rings (SSSR count). The minimum atomic E-state index is -0.145. The first-order chi connectivity index (χ1) is 9.67. The van der Waals surface area contributed by atoms with Gasteiger partial charge in [0.15, 0.2) is 0 Å². The van der Waals surface area contributed by atoms with Gasteiger partial charge in [-0.25, -0.2) is 4.39 Å². The maximum Gasteiger partial charge on any atom is 0.127 e. The summed E-state index contributed by atoms with van der Waals surface area (Å²) in [5.41, 5.74) is 1.07. The molecular weight excluding hydrogens is 273 g/mol. The fourth-order valence-electron chi connectivity index (χ4n) is 3.44. The van der Waals surface area contributed by atoms with Crippen molar-refractivity contribution in [3.05, 3.63) is 34.6 Å². The van der Waals surface area contributed by atoms with Crippen LogP contribution in [0.4, 0.5) is 4.39 Å². The molecule has 0 radical (unpaired) electrons. The second kappa shape index (κ2) is 6.03. The molecule has 0 atom stereocenters. The molecule has 0 aromatic heterocycles. The lowest BCUT2D eigenvalue weighted by atomic mass is 9.70. The van der Waals surface area contributed by atoms with Crippen LogP contribution in [0, 0.1) is 11.2 Å². The number of rotatable bonds is 5. The van der Waals surface area contributed by atoms with E-state index in [-0.39, 0.29) is 11.2 Å². The summed E-state index contributed by atoms with van der Waals surface area (Å²) in [6, 6.07) is 5.85. The molecule has 0 heterocycles. The Balaban J connectivity index is 1.73. The monoisotopic (exact) mass is 295 g/mol. The van der Waals surface area contributed by atoms with E-state index in [1.54, 1.807) is 0 Å². The fraction of sp³-hybridized carbons (Fsp3) is 0.647. The zero-order valence-electron chi connectivity index (χ0n) is 11.9. The summed E-state index contributed by atoms with van der Waals surface area (Å²) >= 11 is 5.85. The van der Waals surface area contributed by atoms with E-state index in [1.807, 2.05) is 12.1 Å². The third-order valence-corrected chi connectivity index (χ3v) is 5.07. The molecule has 0 spiro atoms. The number of benzene rings is 1. The molecule has 1 aromatic rings. The smallest absolute Gasteiger partial charge is 0.127 e. The molecule has 0 amide bonds. The summed E-state index contributed by atoms with van der Waals surface area (Å²) in [5, 5.41) is 4.16. The number of nitrogens with one attached hydrogen (secondary N) is 1. The van der Waals surface area contributed by atoms with Crippen molar-refractivity contribution in [2.75, 3.05) is 6.54 Å². The van der Waals surface area contributed by atoms with Crippen molar-refractivity contribution in [2.45, 2.75) is 57.4 Å². The largest absolute Gasteiger partial charge is 0.313 e. The lowest BCUT2D eigenvalue weighted by Gasteiger charge is -2.38. The second-order valence-electron chi connectivity index (χ2n) is 6.63.